The van der Waals surface area contributed by atoms with E-state index in [4.69, 9.17) is 0 Å². The number of nitrogens with one attached hydrogen (secondary N) is 1. The van der Waals surface area contributed by atoms with E-state index in [9.17, 15) is 15.0 Å². The van der Waals surface area contributed by atoms with Crippen LogP contribution in [0.5, 0.6) is 0 Å². The minimum atomic E-state index is -0.687. The maximum Gasteiger partial charge on any atom is 0.220 e. The van der Waals surface area contributed by atoms with Crippen molar-refractivity contribution in [1.29, 1.82) is 0 Å². The van der Waals surface area contributed by atoms with Crippen LogP contribution in [0, 0.1) is 0 Å². The highest BCUT2D eigenvalue weighted by Crippen LogP contribution is 2.17. The van der Waals surface area contributed by atoms with Crippen molar-refractivity contribution in [3.05, 3.63) is 97.2 Å². The first kappa shape index (κ1) is 64.3. The van der Waals surface area contributed by atoms with Crippen molar-refractivity contribution in [2.45, 2.75) is 289 Å². The van der Waals surface area contributed by atoms with Gasteiger partial charge in [0.1, 0.15) is 0 Å². The van der Waals surface area contributed by atoms with Gasteiger partial charge >= 0.3 is 0 Å². The second-order valence-electron chi connectivity index (χ2n) is 19.3. The number of carbonyl (C=O) groups excluding carboxylic acids is 1. The van der Waals surface area contributed by atoms with Crippen LogP contribution in [0.25, 0.3) is 0 Å². The zero-order chi connectivity index (χ0) is 48.5. The Morgan fingerprint density at radius 2 is 0.657 bits per heavy atom. The molecule has 4 nitrogen and oxygen atoms in total. The Bertz CT molecular complexity index is 1240. The maximum atomic E-state index is 12.5. The lowest BCUT2D eigenvalue weighted by Gasteiger charge is -2.22. The van der Waals surface area contributed by atoms with Gasteiger partial charge in [-0.05, 0) is 77.0 Å². The Balaban J connectivity index is 3.58. The van der Waals surface area contributed by atoms with E-state index in [2.05, 4.69) is 116 Å². The molecule has 0 radical (unpaired) electrons. The maximum absolute atomic E-state index is 12.5. The summed E-state index contributed by atoms with van der Waals surface area (Å²) >= 11 is 0. The molecule has 0 aromatic carbocycles. The molecule has 2 unspecified atom stereocenters. The average Bonchev–Trinajstić information content (AvgIpc) is 3.33. The molecule has 0 heterocycles. The van der Waals surface area contributed by atoms with Crippen molar-refractivity contribution in [2.75, 3.05) is 6.61 Å². The van der Waals surface area contributed by atoms with E-state index in [0.29, 0.717) is 12.8 Å². The van der Waals surface area contributed by atoms with Crippen LogP contribution >= 0.6 is 0 Å². The monoisotopic (exact) mass is 930 g/mol. The first-order chi connectivity index (χ1) is 33.2. The molecule has 3 N–H and O–H groups in total. The predicted octanol–water partition coefficient (Wildman–Crippen LogP) is 19.3. The van der Waals surface area contributed by atoms with Crippen LogP contribution in [0.4, 0.5) is 0 Å². The van der Waals surface area contributed by atoms with Crippen molar-refractivity contribution in [1.82, 2.24) is 5.32 Å². The molecule has 0 saturated heterocycles. The Kier molecular flexibility index (Phi) is 55.3. The Morgan fingerprint density at radius 3 is 0.955 bits per heavy atom. The van der Waals surface area contributed by atoms with Gasteiger partial charge in [0.25, 0.3) is 0 Å². The lowest BCUT2D eigenvalue weighted by atomic mass is 10.0. The third-order valence-corrected chi connectivity index (χ3v) is 12.9. The van der Waals surface area contributed by atoms with Gasteiger partial charge in [-0.1, -0.05) is 291 Å². The summed E-state index contributed by atoms with van der Waals surface area (Å²) in [6.45, 7) is 4.24. The van der Waals surface area contributed by atoms with Gasteiger partial charge in [-0.25, -0.2) is 0 Å². The standard InChI is InChI=1S/C63H111NO3/c1-3-5-7-9-11-13-15-17-19-21-23-25-27-29-31-33-34-36-38-40-42-44-46-48-50-52-54-56-58-62(66)61(60-65)64-63(67)59-57-55-53-51-49-47-45-43-41-39-37-35-32-30-28-26-24-22-20-18-16-14-12-10-8-6-4-2/h6,8,12,14,18,20,24,26,30,32,37,39,43,45,49,51,61-62,65-66H,3-5,7,9-11,13,15-17,19,21-23,25,27-29,31,33-36,38,40-42,44,46-48,50,52-60H2,1-2H3,(H,64,67)/b8-6-,14-12-,20-18-,26-24-,32-30-,39-37-,45-43-,51-49-. The highest BCUT2D eigenvalue weighted by Gasteiger charge is 2.20. The van der Waals surface area contributed by atoms with E-state index in [-0.39, 0.29) is 12.5 Å². The normalized spacial score (nSPS) is 13.6. The van der Waals surface area contributed by atoms with Gasteiger partial charge in [0.2, 0.25) is 5.91 Å². The fourth-order valence-corrected chi connectivity index (χ4v) is 8.50. The second kappa shape index (κ2) is 57.6. The number of amides is 1. The molecule has 0 aliphatic heterocycles. The minimum Gasteiger partial charge on any atom is -0.394 e. The van der Waals surface area contributed by atoms with Crippen molar-refractivity contribution in [3.8, 4) is 0 Å². The van der Waals surface area contributed by atoms with Gasteiger partial charge in [0.15, 0.2) is 0 Å². The molecule has 0 aromatic rings. The predicted molar refractivity (Wildman–Crippen MR) is 299 cm³/mol. The third-order valence-electron chi connectivity index (χ3n) is 12.9. The van der Waals surface area contributed by atoms with Crippen LogP contribution < -0.4 is 5.32 Å². The summed E-state index contributed by atoms with van der Waals surface area (Å²) in [6, 6.07) is -0.568. The van der Waals surface area contributed by atoms with Gasteiger partial charge in [0.05, 0.1) is 18.8 Å². The summed E-state index contributed by atoms with van der Waals surface area (Å²) in [5.74, 6) is -0.0742. The summed E-state index contributed by atoms with van der Waals surface area (Å²) in [5, 5.41) is 23.3. The Morgan fingerprint density at radius 1 is 0.373 bits per heavy atom. The summed E-state index contributed by atoms with van der Waals surface area (Å²) in [7, 11) is 0. The highest BCUT2D eigenvalue weighted by molar-refractivity contribution is 5.76. The summed E-state index contributed by atoms with van der Waals surface area (Å²) in [5.41, 5.74) is 0. The molecule has 0 rings (SSSR count). The molecular weight excluding hydrogens is 819 g/mol. The number of hydrogen-bond donors (Lipinski definition) is 3. The largest absolute Gasteiger partial charge is 0.394 e. The molecule has 1 amide bonds. The van der Waals surface area contributed by atoms with Crippen molar-refractivity contribution in [3.63, 3.8) is 0 Å². The van der Waals surface area contributed by atoms with E-state index >= 15 is 0 Å². The highest BCUT2D eigenvalue weighted by atomic mass is 16.3. The van der Waals surface area contributed by atoms with E-state index in [0.717, 1.165) is 83.5 Å². The van der Waals surface area contributed by atoms with Crippen LogP contribution in [0.15, 0.2) is 97.2 Å². The van der Waals surface area contributed by atoms with Gasteiger partial charge in [-0.2, -0.15) is 0 Å². The third kappa shape index (κ3) is 54.1. The molecule has 0 aliphatic rings. The van der Waals surface area contributed by atoms with E-state index < -0.39 is 12.1 Å². The Hall–Kier alpha value is -2.69. The molecular formula is C63H111NO3. The fraction of sp³-hybridized carbons (Fsp3) is 0.730. The summed E-state index contributed by atoms with van der Waals surface area (Å²) in [6.07, 6.45) is 85.4. The number of aliphatic hydroxyl groups is 2. The number of hydrogen-bond acceptors (Lipinski definition) is 3. The number of allylic oxidation sites excluding steroid dienone is 16. The van der Waals surface area contributed by atoms with Crippen LogP contribution in [0.2, 0.25) is 0 Å². The molecule has 2 atom stereocenters. The SMILES string of the molecule is CC/C=C\C/C=C\C/C=C\C/C=C\C/C=C\C/C=C\C/C=C\C/C=C\CCCCC(=O)NC(CO)C(O)CCCCCCCCCCCCCCCCCCCCCCCCCCCCCC. The molecule has 0 aliphatic carbocycles. The number of rotatable bonds is 52. The molecule has 386 valence electrons. The van der Waals surface area contributed by atoms with Gasteiger partial charge < -0.3 is 15.5 Å². The lowest BCUT2D eigenvalue weighted by molar-refractivity contribution is -0.123. The first-order valence-electron chi connectivity index (χ1n) is 28.9. The zero-order valence-electron chi connectivity index (χ0n) is 44.4. The smallest absolute Gasteiger partial charge is 0.220 e. The van der Waals surface area contributed by atoms with Gasteiger partial charge in [-0.15, -0.1) is 0 Å². The summed E-state index contributed by atoms with van der Waals surface area (Å²) < 4.78 is 0. The summed E-state index contributed by atoms with van der Waals surface area (Å²) in [4.78, 5) is 12.5. The minimum absolute atomic E-state index is 0.0742. The quantitative estimate of drug-likeness (QED) is 0.0420. The van der Waals surface area contributed by atoms with Crippen LogP contribution in [0.1, 0.15) is 277 Å². The topological polar surface area (TPSA) is 69.6 Å². The average molecular weight is 931 g/mol. The fourth-order valence-electron chi connectivity index (χ4n) is 8.50. The van der Waals surface area contributed by atoms with Crippen LogP contribution in [0.3, 0.4) is 0 Å². The lowest BCUT2D eigenvalue weighted by Crippen LogP contribution is -2.45. The molecule has 0 fully saturated rings. The molecule has 4 heteroatoms. The van der Waals surface area contributed by atoms with Crippen molar-refractivity contribution in [2.24, 2.45) is 0 Å². The molecule has 0 bridgehead atoms. The first-order valence-corrected chi connectivity index (χ1v) is 28.9. The number of carbonyl (C=O) groups is 1. The second-order valence-corrected chi connectivity index (χ2v) is 19.3. The van der Waals surface area contributed by atoms with Crippen LogP contribution in [-0.4, -0.2) is 34.9 Å². The van der Waals surface area contributed by atoms with Crippen molar-refractivity contribution >= 4 is 5.91 Å². The van der Waals surface area contributed by atoms with Gasteiger partial charge in [-0.3, -0.25) is 4.79 Å². The number of aliphatic hydroxyl groups excluding tert-OH is 2. The molecule has 67 heavy (non-hydrogen) atoms. The molecule has 0 spiro atoms. The molecule has 0 saturated carbocycles. The van der Waals surface area contributed by atoms with E-state index in [1.54, 1.807) is 0 Å². The zero-order valence-corrected chi connectivity index (χ0v) is 44.4. The van der Waals surface area contributed by atoms with E-state index in [1.807, 2.05) is 0 Å². The van der Waals surface area contributed by atoms with Gasteiger partial charge in [0, 0.05) is 6.42 Å². The van der Waals surface area contributed by atoms with Crippen LogP contribution in [-0.2, 0) is 4.79 Å². The number of unbranched alkanes of at least 4 members (excludes halogenated alkanes) is 29. The van der Waals surface area contributed by atoms with Crippen molar-refractivity contribution < 1.29 is 15.0 Å². The molecule has 0 aromatic heterocycles. The Labute approximate surface area is 417 Å². The van der Waals surface area contributed by atoms with E-state index in [1.165, 1.54) is 167 Å².